The van der Waals surface area contributed by atoms with Crippen LogP contribution in [0.2, 0.25) is 0 Å². The van der Waals surface area contributed by atoms with E-state index in [4.69, 9.17) is 4.74 Å². The summed E-state index contributed by atoms with van der Waals surface area (Å²) in [5.74, 6) is -0.406. The molecule has 0 spiro atoms. The largest absolute Gasteiger partial charge is 0.494 e. The molecule has 256 valence electrons. The maximum Gasteiger partial charge on any atom is 0.310 e. The molecule has 1 atom stereocenters. The van der Waals surface area contributed by atoms with E-state index >= 15 is 0 Å². The Morgan fingerprint density at radius 2 is 1.51 bits per heavy atom. The minimum absolute atomic E-state index is 0.00117. The normalized spacial score (nSPS) is 14.0. The Kier molecular flexibility index (Phi) is 11.2. The summed E-state index contributed by atoms with van der Waals surface area (Å²) in [6.45, 7) is 11.6. The first-order valence-corrected chi connectivity index (χ1v) is 17.0. The van der Waals surface area contributed by atoms with Crippen LogP contribution >= 0.6 is 0 Å². The molecule has 4 aromatic rings. The summed E-state index contributed by atoms with van der Waals surface area (Å²) >= 11 is 0. The summed E-state index contributed by atoms with van der Waals surface area (Å²) in [6, 6.07) is 19.2. The van der Waals surface area contributed by atoms with Crippen molar-refractivity contribution >= 4 is 17.7 Å². The van der Waals surface area contributed by atoms with Crippen molar-refractivity contribution < 1.29 is 24.2 Å². The van der Waals surface area contributed by atoms with Crippen LogP contribution in [0.3, 0.4) is 0 Å². The first-order chi connectivity index (χ1) is 23.4. The number of hydrogen-bond acceptors (Lipinski definition) is 7. The Balaban J connectivity index is 1.24. The number of nitrogens with zero attached hydrogens (tertiary/aromatic N) is 4. The number of likely N-dealkylation sites (tertiary alicyclic amines) is 1. The molecule has 1 aliphatic heterocycles. The molecule has 0 bridgehead atoms. The van der Waals surface area contributed by atoms with Crippen molar-refractivity contribution in [3.8, 4) is 28.3 Å². The Labute approximate surface area is 288 Å². The lowest BCUT2D eigenvalue weighted by Gasteiger charge is -2.38. The van der Waals surface area contributed by atoms with Gasteiger partial charge >= 0.3 is 5.97 Å². The van der Waals surface area contributed by atoms with Crippen LogP contribution in [0.1, 0.15) is 75.5 Å². The highest BCUT2D eigenvalue weighted by Crippen LogP contribution is 2.27. The number of carbonyl (C=O) groups is 3. The van der Waals surface area contributed by atoms with Gasteiger partial charge in [-0.3, -0.25) is 19.4 Å². The Morgan fingerprint density at radius 3 is 2.08 bits per heavy atom. The molecule has 0 aliphatic carbocycles. The standard InChI is InChI=1S/C40H46N4O5/c1-26(2)7-6-18-49-34-15-12-28(13-16-34)32-22-42-37(43-23-32)29-10-8-27(9-11-29)19-31(38(46)44-24-33(25-44)39(47)48)20-35(45)30-14-17-36(41-21-30)40(3,4)5/h8-17,21-23,26,31,33H,6-7,18-20,24-25H2,1-5H3,(H,47,48)/t31-/m1/s1. The van der Waals surface area contributed by atoms with Crippen LogP contribution in [-0.2, 0) is 21.4 Å². The number of benzene rings is 2. The Morgan fingerprint density at radius 1 is 0.857 bits per heavy atom. The zero-order valence-corrected chi connectivity index (χ0v) is 29.1. The second kappa shape index (κ2) is 15.5. The van der Waals surface area contributed by atoms with Gasteiger partial charge in [-0.25, -0.2) is 9.97 Å². The summed E-state index contributed by atoms with van der Waals surface area (Å²) in [7, 11) is 0. The second-order valence-electron chi connectivity index (χ2n) is 14.4. The van der Waals surface area contributed by atoms with Crippen molar-refractivity contribution in [3.05, 3.63) is 96.1 Å². The molecule has 5 rings (SSSR count). The fraction of sp³-hybridized carbons (Fsp3) is 0.400. The fourth-order valence-electron chi connectivity index (χ4n) is 5.79. The molecule has 1 aliphatic rings. The van der Waals surface area contributed by atoms with Crippen LogP contribution in [-0.4, -0.2) is 62.3 Å². The molecule has 1 fully saturated rings. The van der Waals surface area contributed by atoms with E-state index in [2.05, 4.69) is 49.6 Å². The number of carbonyl (C=O) groups excluding carboxylic acids is 2. The molecule has 1 N–H and O–H groups in total. The number of ketones is 1. The third-order valence-corrected chi connectivity index (χ3v) is 8.91. The zero-order chi connectivity index (χ0) is 35.1. The number of ether oxygens (including phenoxy) is 1. The van der Waals surface area contributed by atoms with Crippen LogP contribution in [0.4, 0.5) is 0 Å². The van der Waals surface area contributed by atoms with Crippen molar-refractivity contribution in [3.63, 3.8) is 0 Å². The van der Waals surface area contributed by atoms with Crippen LogP contribution in [0, 0.1) is 17.8 Å². The number of Topliss-reactive ketones (excluding diaryl/α,β-unsaturated/α-hetero) is 1. The van der Waals surface area contributed by atoms with Crippen molar-refractivity contribution in [1.29, 1.82) is 0 Å². The van der Waals surface area contributed by atoms with E-state index in [1.54, 1.807) is 24.7 Å². The van der Waals surface area contributed by atoms with Gasteiger partial charge in [0.25, 0.3) is 0 Å². The third kappa shape index (κ3) is 9.37. The molecule has 3 heterocycles. The van der Waals surface area contributed by atoms with Gasteiger partial charge in [-0.2, -0.15) is 0 Å². The number of carboxylic acids is 1. The molecule has 49 heavy (non-hydrogen) atoms. The molecule has 2 aromatic heterocycles. The van der Waals surface area contributed by atoms with Crippen molar-refractivity contribution in [2.75, 3.05) is 19.7 Å². The van der Waals surface area contributed by atoms with Gasteiger partial charge in [0.2, 0.25) is 5.91 Å². The topological polar surface area (TPSA) is 123 Å². The lowest BCUT2D eigenvalue weighted by atomic mass is 9.88. The van der Waals surface area contributed by atoms with E-state index in [1.165, 1.54) is 4.90 Å². The van der Waals surface area contributed by atoms with Crippen LogP contribution in [0.25, 0.3) is 22.5 Å². The van der Waals surface area contributed by atoms with Gasteiger partial charge in [0.05, 0.1) is 12.5 Å². The van der Waals surface area contributed by atoms with Gasteiger partial charge < -0.3 is 14.7 Å². The van der Waals surface area contributed by atoms with E-state index in [0.717, 1.165) is 46.5 Å². The van der Waals surface area contributed by atoms with E-state index in [-0.39, 0.29) is 36.6 Å². The van der Waals surface area contributed by atoms with Crippen LogP contribution < -0.4 is 4.74 Å². The lowest BCUT2D eigenvalue weighted by Crippen LogP contribution is -2.55. The minimum atomic E-state index is -0.914. The molecular weight excluding hydrogens is 616 g/mol. The molecule has 0 saturated carbocycles. The number of hydrogen-bond donors (Lipinski definition) is 1. The number of aliphatic carboxylic acids is 1. The van der Waals surface area contributed by atoms with Gasteiger partial charge in [0.1, 0.15) is 5.75 Å². The zero-order valence-electron chi connectivity index (χ0n) is 29.1. The van der Waals surface area contributed by atoms with Gasteiger partial charge in [-0.05, 0) is 60.6 Å². The summed E-state index contributed by atoms with van der Waals surface area (Å²) in [5, 5.41) is 9.32. The second-order valence-corrected chi connectivity index (χ2v) is 14.4. The highest BCUT2D eigenvalue weighted by atomic mass is 16.5. The van der Waals surface area contributed by atoms with E-state index < -0.39 is 17.8 Å². The molecule has 9 heteroatoms. The molecular formula is C40H46N4O5. The monoisotopic (exact) mass is 662 g/mol. The van der Waals surface area contributed by atoms with Gasteiger partial charge in [0.15, 0.2) is 11.6 Å². The first-order valence-electron chi connectivity index (χ1n) is 17.0. The third-order valence-electron chi connectivity index (χ3n) is 8.91. The molecule has 1 saturated heterocycles. The average Bonchev–Trinajstić information content (AvgIpc) is 3.06. The number of amides is 1. The van der Waals surface area contributed by atoms with E-state index in [1.807, 2.05) is 54.6 Å². The van der Waals surface area contributed by atoms with Crippen molar-refractivity contribution in [1.82, 2.24) is 19.9 Å². The SMILES string of the molecule is CC(C)CCCOc1ccc(-c2cnc(-c3ccc(C[C@H](CC(=O)c4ccc(C(C)(C)C)nc4)C(=O)N4CC(C(=O)O)C4)cc3)nc2)cc1. The summed E-state index contributed by atoms with van der Waals surface area (Å²) in [6.07, 6.45) is 7.70. The lowest BCUT2D eigenvalue weighted by molar-refractivity contribution is -0.154. The quantitative estimate of drug-likeness (QED) is 0.110. The molecule has 0 unspecified atom stereocenters. The van der Waals surface area contributed by atoms with E-state index in [0.29, 0.717) is 30.3 Å². The highest BCUT2D eigenvalue weighted by Gasteiger charge is 2.39. The average molecular weight is 663 g/mol. The molecule has 0 radical (unpaired) electrons. The van der Waals surface area contributed by atoms with E-state index in [9.17, 15) is 19.5 Å². The number of aromatic nitrogens is 3. The highest BCUT2D eigenvalue weighted by molar-refractivity contribution is 5.98. The maximum absolute atomic E-state index is 13.5. The van der Waals surface area contributed by atoms with Crippen molar-refractivity contribution in [2.45, 2.75) is 65.7 Å². The smallest absolute Gasteiger partial charge is 0.310 e. The predicted molar refractivity (Wildman–Crippen MR) is 189 cm³/mol. The van der Waals surface area contributed by atoms with Gasteiger partial charge in [-0.15, -0.1) is 0 Å². The van der Waals surface area contributed by atoms with Crippen LogP contribution in [0.5, 0.6) is 5.75 Å². The fourth-order valence-corrected chi connectivity index (χ4v) is 5.79. The predicted octanol–water partition coefficient (Wildman–Crippen LogP) is 7.29. The summed E-state index contributed by atoms with van der Waals surface area (Å²) in [5.41, 5.74) is 4.80. The molecule has 9 nitrogen and oxygen atoms in total. The van der Waals surface area contributed by atoms with Crippen molar-refractivity contribution in [2.24, 2.45) is 17.8 Å². The first kappa shape index (κ1) is 35.4. The van der Waals surface area contributed by atoms with Gasteiger partial charge in [-0.1, -0.05) is 71.0 Å². The summed E-state index contributed by atoms with van der Waals surface area (Å²) in [4.78, 5) is 53.5. The summed E-state index contributed by atoms with van der Waals surface area (Å²) < 4.78 is 5.86. The minimum Gasteiger partial charge on any atom is -0.494 e. The molecule has 1 amide bonds. The van der Waals surface area contributed by atoms with Crippen LogP contribution in [0.15, 0.2) is 79.3 Å². The Bertz CT molecular complexity index is 1720. The van der Waals surface area contributed by atoms with Gasteiger partial charge in [0, 0.05) is 71.8 Å². The number of rotatable bonds is 14. The number of carboxylic acid groups (broad SMARTS) is 1. The molecule has 2 aromatic carbocycles. The maximum atomic E-state index is 13.5. The Hall–Kier alpha value is -4.92. The number of pyridine rings is 1.